The van der Waals surface area contributed by atoms with Crippen LogP contribution in [0.5, 0.6) is 11.5 Å². The zero-order valence-corrected chi connectivity index (χ0v) is 18.0. The number of carbonyl (C=O) groups is 1. The number of benzene rings is 2. The average Bonchev–Trinajstić information content (AvgIpc) is 3.19. The number of methoxy groups -OCH3 is 1. The van der Waals surface area contributed by atoms with Crippen molar-refractivity contribution in [1.29, 1.82) is 0 Å². The molecule has 0 bridgehead atoms. The first-order valence-electron chi connectivity index (χ1n) is 10.7. The molecule has 0 unspecified atom stereocenters. The molecule has 0 radical (unpaired) electrons. The molecule has 2 heterocycles. The Morgan fingerprint density at radius 2 is 1.78 bits per heavy atom. The molecule has 1 N–H and O–H groups in total. The second-order valence-corrected chi connectivity index (χ2v) is 7.24. The summed E-state index contributed by atoms with van der Waals surface area (Å²) in [6.07, 6.45) is 3.05. The molecular weight excluding hydrogens is 404 g/mol. The molecule has 0 saturated heterocycles. The number of nitrogens with zero attached hydrogens (tertiary/aromatic N) is 3. The zero-order valence-electron chi connectivity index (χ0n) is 18.0. The van der Waals surface area contributed by atoms with Gasteiger partial charge in [0.1, 0.15) is 11.5 Å². The SMILES string of the molecule is COc1ccccc1OCCCn1c(CCNC(=O)c2ccccn2)nc2ccccc21. The molecule has 164 valence electrons. The Labute approximate surface area is 187 Å². The normalized spacial score (nSPS) is 10.8. The van der Waals surface area contributed by atoms with Crippen molar-refractivity contribution in [2.45, 2.75) is 19.4 Å². The number of rotatable bonds is 10. The summed E-state index contributed by atoms with van der Waals surface area (Å²) in [4.78, 5) is 21.1. The van der Waals surface area contributed by atoms with Crippen LogP contribution in [0, 0.1) is 0 Å². The first-order chi connectivity index (χ1) is 15.8. The van der Waals surface area contributed by atoms with Gasteiger partial charge >= 0.3 is 0 Å². The van der Waals surface area contributed by atoms with E-state index in [1.165, 1.54) is 0 Å². The summed E-state index contributed by atoms with van der Waals surface area (Å²) in [6.45, 7) is 1.80. The topological polar surface area (TPSA) is 78.3 Å². The Morgan fingerprint density at radius 3 is 2.59 bits per heavy atom. The van der Waals surface area contributed by atoms with Gasteiger partial charge in [0.15, 0.2) is 11.5 Å². The number of amides is 1. The number of aryl methyl sites for hydroxylation is 1. The number of hydrogen-bond donors (Lipinski definition) is 1. The molecule has 0 saturated carbocycles. The van der Waals surface area contributed by atoms with Crippen molar-refractivity contribution < 1.29 is 14.3 Å². The number of aromatic nitrogens is 3. The van der Waals surface area contributed by atoms with E-state index in [1.54, 1.807) is 31.5 Å². The monoisotopic (exact) mass is 430 g/mol. The summed E-state index contributed by atoms with van der Waals surface area (Å²) < 4.78 is 13.5. The van der Waals surface area contributed by atoms with E-state index in [1.807, 2.05) is 42.5 Å². The third-order valence-electron chi connectivity index (χ3n) is 5.12. The molecule has 2 aromatic carbocycles. The lowest BCUT2D eigenvalue weighted by molar-refractivity contribution is 0.0949. The molecule has 2 aromatic heterocycles. The van der Waals surface area contributed by atoms with E-state index >= 15 is 0 Å². The maximum Gasteiger partial charge on any atom is 0.269 e. The average molecular weight is 431 g/mol. The molecule has 7 heteroatoms. The van der Waals surface area contributed by atoms with Crippen molar-refractivity contribution in [2.24, 2.45) is 0 Å². The molecule has 0 aliphatic rings. The Hall–Kier alpha value is -3.87. The molecule has 1 amide bonds. The Morgan fingerprint density at radius 1 is 1.00 bits per heavy atom. The smallest absolute Gasteiger partial charge is 0.269 e. The van der Waals surface area contributed by atoms with Crippen LogP contribution < -0.4 is 14.8 Å². The summed E-state index contributed by atoms with van der Waals surface area (Å²) in [7, 11) is 1.64. The first-order valence-corrected chi connectivity index (χ1v) is 10.7. The van der Waals surface area contributed by atoms with Gasteiger partial charge in [-0.05, 0) is 42.8 Å². The van der Waals surface area contributed by atoms with Gasteiger partial charge in [0.2, 0.25) is 0 Å². The fourth-order valence-electron chi connectivity index (χ4n) is 3.58. The van der Waals surface area contributed by atoms with Crippen LogP contribution in [-0.4, -0.2) is 40.7 Å². The zero-order chi connectivity index (χ0) is 22.2. The summed E-state index contributed by atoms with van der Waals surface area (Å²) in [5.41, 5.74) is 2.44. The van der Waals surface area contributed by atoms with Crippen LogP contribution in [0.3, 0.4) is 0 Å². The van der Waals surface area contributed by atoms with Crippen molar-refractivity contribution >= 4 is 16.9 Å². The summed E-state index contributed by atoms with van der Waals surface area (Å²) >= 11 is 0. The van der Waals surface area contributed by atoms with Gasteiger partial charge in [0, 0.05) is 25.7 Å². The number of carbonyl (C=O) groups excluding carboxylic acids is 1. The molecule has 32 heavy (non-hydrogen) atoms. The van der Waals surface area contributed by atoms with Gasteiger partial charge in [-0.15, -0.1) is 0 Å². The van der Waals surface area contributed by atoms with E-state index in [9.17, 15) is 4.79 Å². The number of fused-ring (bicyclic) bond motifs is 1. The highest BCUT2D eigenvalue weighted by Gasteiger charge is 2.12. The lowest BCUT2D eigenvalue weighted by Crippen LogP contribution is -2.27. The standard InChI is InChI=1S/C25H26N4O3/c1-31-22-12-4-5-13-23(22)32-18-8-17-29-21-11-3-2-9-19(21)28-24(29)14-16-27-25(30)20-10-6-7-15-26-20/h2-7,9-13,15H,8,14,16-18H2,1H3,(H,27,30). The fourth-order valence-corrected chi connectivity index (χ4v) is 3.58. The van der Waals surface area contributed by atoms with Crippen LogP contribution in [-0.2, 0) is 13.0 Å². The van der Waals surface area contributed by atoms with E-state index < -0.39 is 0 Å². The van der Waals surface area contributed by atoms with Crippen LogP contribution in [0.4, 0.5) is 0 Å². The van der Waals surface area contributed by atoms with Gasteiger partial charge in [0.25, 0.3) is 5.91 Å². The minimum absolute atomic E-state index is 0.182. The molecular formula is C25H26N4O3. The van der Waals surface area contributed by atoms with E-state index in [0.29, 0.717) is 25.3 Å². The highest BCUT2D eigenvalue weighted by Crippen LogP contribution is 2.26. The van der Waals surface area contributed by atoms with Gasteiger partial charge < -0.3 is 19.4 Å². The van der Waals surface area contributed by atoms with Crippen LogP contribution in [0.2, 0.25) is 0 Å². The lowest BCUT2D eigenvalue weighted by Gasteiger charge is -2.12. The molecule has 0 aliphatic heterocycles. The number of hydrogen-bond acceptors (Lipinski definition) is 5. The minimum Gasteiger partial charge on any atom is -0.493 e. The summed E-state index contributed by atoms with van der Waals surface area (Å²) in [5, 5.41) is 2.93. The predicted molar refractivity (Wildman–Crippen MR) is 123 cm³/mol. The fraction of sp³-hybridized carbons (Fsp3) is 0.240. The molecule has 0 fully saturated rings. The van der Waals surface area contributed by atoms with Crippen LogP contribution in [0.1, 0.15) is 22.7 Å². The number of imidazole rings is 1. The van der Waals surface area contributed by atoms with Gasteiger partial charge in [-0.25, -0.2) is 4.98 Å². The molecule has 0 aliphatic carbocycles. The molecule has 0 atom stereocenters. The lowest BCUT2D eigenvalue weighted by atomic mass is 10.3. The number of pyridine rings is 1. The second-order valence-electron chi connectivity index (χ2n) is 7.24. The van der Waals surface area contributed by atoms with E-state index in [-0.39, 0.29) is 5.91 Å². The molecule has 7 nitrogen and oxygen atoms in total. The second kappa shape index (κ2) is 10.4. The van der Waals surface area contributed by atoms with Crippen molar-refractivity contribution in [3.8, 4) is 11.5 Å². The van der Waals surface area contributed by atoms with Gasteiger partial charge in [-0.1, -0.05) is 30.3 Å². The van der Waals surface area contributed by atoms with E-state index in [0.717, 1.165) is 41.3 Å². The maximum absolute atomic E-state index is 12.3. The van der Waals surface area contributed by atoms with Crippen LogP contribution >= 0.6 is 0 Å². The van der Waals surface area contributed by atoms with Crippen molar-refractivity contribution in [2.75, 3.05) is 20.3 Å². The van der Waals surface area contributed by atoms with Crippen LogP contribution in [0.15, 0.2) is 72.9 Å². The third-order valence-corrected chi connectivity index (χ3v) is 5.12. The van der Waals surface area contributed by atoms with E-state index in [4.69, 9.17) is 14.5 Å². The third kappa shape index (κ3) is 5.06. The number of ether oxygens (including phenoxy) is 2. The highest BCUT2D eigenvalue weighted by atomic mass is 16.5. The van der Waals surface area contributed by atoms with Crippen molar-refractivity contribution in [1.82, 2.24) is 19.9 Å². The Kier molecular flexibility index (Phi) is 6.97. The van der Waals surface area contributed by atoms with Gasteiger partial charge in [0.05, 0.1) is 24.8 Å². The van der Waals surface area contributed by atoms with Gasteiger partial charge in [-0.3, -0.25) is 9.78 Å². The maximum atomic E-state index is 12.3. The minimum atomic E-state index is -0.182. The summed E-state index contributed by atoms with van der Waals surface area (Å²) in [6, 6.07) is 21.0. The number of para-hydroxylation sites is 4. The summed E-state index contributed by atoms with van der Waals surface area (Å²) in [5.74, 6) is 2.22. The molecule has 0 spiro atoms. The Balaban J connectivity index is 1.38. The number of nitrogens with one attached hydrogen (secondary N) is 1. The van der Waals surface area contributed by atoms with Crippen molar-refractivity contribution in [3.63, 3.8) is 0 Å². The largest absolute Gasteiger partial charge is 0.493 e. The van der Waals surface area contributed by atoms with Crippen molar-refractivity contribution in [3.05, 3.63) is 84.4 Å². The van der Waals surface area contributed by atoms with Crippen LogP contribution in [0.25, 0.3) is 11.0 Å². The molecule has 4 aromatic rings. The molecule has 4 rings (SSSR count). The highest BCUT2D eigenvalue weighted by molar-refractivity contribution is 5.92. The first kappa shape index (κ1) is 21.4. The Bertz CT molecular complexity index is 1170. The van der Waals surface area contributed by atoms with E-state index in [2.05, 4.69) is 20.9 Å². The van der Waals surface area contributed by atoms with Gasteiger partial charge in [-0.2, -0.15) is 0 Å². The quantitative estimate of drug-likeness (QED) is 0.386. The predicted octanol–water partition coefficient (Wildman–Crippen LogP) is 3.88.